The molecular formula is C48H31N. The first-order valence-corrected chi connectivity index (χ1v) is 16.9. The molecule has 0 bridgehead atoms. The van der Waals surface area contributed by atoms with Crippen molar-refractivity contribution in [3.8, 4) is 11.1 Å². The molecule has 0 heterocycles. The zero-order valence-corrected chi connectivity index (χ0v) is 26.8. The maximum absolute atomic E-state index is 2.45. The number of hydrogen-bond donors (Lipinski definition) is 0. The Balaban J connectivity index is 1.30. The largest absolute Gasteiger partial charge is 0.310 e. The van der Waals surface area contributed by atoms with Gasteiger partial charge in [0.2, 0.25) is 0 Å². The summed E-state index contributed by atoms with van der Waals surface area (Å²) in [6.07, 6.45) is 0. The molecule has 0 fully saturated rings. The summed E-state index contributed by atoms with van der Waals surface area (Å²) in [5, 5.41) is 15.3. The molecule has 0 atom stereocenters. The lowest BCUT2D eigenvalue weighted by molar-refractivity contribution is 1.30. The minimum atomic E-state index is 1.13. The highest BCUT2D eigenvalue weighted by Gasteiger charge is 2.20. The van der Waals surface area contributed by atoms with Gasteiger partial charge in [-0.1, -0.05) is 158 Å². The molecule has 0 aliphatic rings. The van der Waals surface area contributed by atoms with Crippen LogP contribution < -0.4 is 4.90 Å². The molecular weight excluding hydrogens is 591 g/mol. The molecule has 228 valence electrons. The second kappa shape index (κ2) is 11.1. The fraction of sp³-hybridized carbons (Fsp3) is 0. The van der Waals surface area contributed by atoms with Crippen LogP contribution >= 0.6 is 0 Å². The number of hydrogen-bond acceptors (Lipinski definition) is 1. The first-order valence-electron chi connectivity index (χ1n) is 16.9. The Morgan fingerprint density at radius 1 is 0.245 bits per heavy atom. The van der Waals surface area contributed by atoms with E-state index in [9.17, 15) is 0 Å². The van der Waals surface area contributed by atoms with Crippen molar-refractivity contribution >= 4 is 81.7 Å². The minimum absolute atomic E-state index is 1.13. The van der Waals surface area contributed by atoms with Gasteiger partial charge in [0.1, 0.15) is 0 Å². The molecule has 10 aromatic carbocycles. The van der Waals surface area contributed by atoms with E-state index in [0.29, 0.717) is 0 Å². The van der Waals surface area contributed by atoms with Gasteiger partial charge in [-0.3, -0.25) is 0 Å². The molecule has 0 N–H and O–H groups in total. The summed E-state index contributed by atoms with van der Waals surface area (Å²) in [7, 11) is 0. The topological polar surface area (TPSA) is 3.24 Å². The van der Waals surface area contributed by atoms with E-state index in [1.165, 1.54) is 75.8 Å². The van der Waals surface area contributed by atoms with Crippen LogP contribution in [0.4, 0.5) is 17.1 Å². The summed E-state index contributed by atoms with van der Waals surface area (Å²) in [6, 6.07) is 68.8. The number of rotatable bonds is 4. The van der Waals surface area contributed by atoms with E-state index >= 15 is 0 Å². The first kappa shape index (κ1) is 27.7. The maximum Gasteiger partial charge on any atom is 0.0540 e. The van der Waals surface area contributed by atoms with Crippen LogP contribution in [0.2, 0.25) is 0 Å². The van der Waals surface area contributed by atoms with Crippen molar-refractivity contribution in [3.63, 3.8) is 0 Å². The third kappa shape index (κ3) is 4.33. The van der Waals surface area contributed by atoms with Crippen molar-refractivity contribution in [2.75, 3.05) is 4.90 Å². The quantitative estimate of drug-likeness (QED) is 0.177. The maximum atomic E-state index is 2.45. The Hall–Kier alpha value is -6.44. The first-order chi connectivity index (χ1) is 24.3. The minimum Gasteiger partial charge on any atom is -0.310 e. The van der Waals surface area contributed by atoms with E-state index in [-0.39, 0.29) is 0 Å². The van der Waals surface area contributed by atoms with E-state index in [2.05, 4.69) is 193 Å². The molecule has 0 radical (unpaired) electrons. The molecule has 0 amide bonds. The van der Waals surface area contributed by atoms with Crippen molar-refractivity contribution in [2.45, 2.75) is 0 Å². The Labute approximate surface area is 284 Å². The van der Waals surface area contributed by atoms with Gasteiger partial charge in [0.05, 0.1) is 5.69 Å². The number of para-hydroxylation sites is 1. The summed E-state index contributed by atoms with van der Waals surface area (Å²) >= 11 is 0. The lowest BCUT2D eigenvalue weighted by Crippen LogP contribution is -2.11. The van der Waals surface area contributed by atoms with Gasteiger partial charge in [-0.05, 0) is 101 Å². The fourth-order valence-corrected chi connectivity index (χ4v) is 8.03. The van der Waals surface area contributed by atoms with Crippen LogP contribution in [0.15, 0.2) is 188 Å². The molecule has 0 aromatic heterocycles. The SMILES string of the molecule is c1ccc(-c2ccccc2N(c2ccc3c4ccccc4c4ccccc4c3c2)c2ccc3c4ccccc4c4ccccc4c3c2)cc1. The normalized spacial score (nSPS) is 11.7. The Bertz CT molecular complexity index is 2660. The number of fused-ring (bicyclic) bond motifs is 12. The molecule has 1 heteroatoms. The van der Waals surface area contributed by atoms with Gasteiger partial charge in [-0.15, -0.1) is 0 Å². The third-order valence-electron chi connectivity index (χ3n) is 10.2. The molecule has 10 rings (SSSR count). The highest BCUT2D eigenvalue weighted by molar-refractivity contribution is 6.27. The van der Waals surface area contributed by atoms with Crippen LogP contribution in [0, 0.1) is 0 Å². The van der Waals surface area contributed by atoms with E-state index < -0.39 is 0 Å². The molecule has 1 nitrogen and oxygen atoms in total. The van der Waals surface area contributed by atoms with E-state index in [1.807, 2.05) is 0 Å². The number of benzene rings is 10. The van der Waals surface area contributed by atoms with Gasteiger partial charge < -0.3 is 4.90 Å². The number of nitrogens with zero attached hydrogens (tertiary/aromatic N) is 1. The molecule has 49 heavy (non-hydrogen) atoms. The van der Waals surface area contributed by atoms with E-state index in [1.54, 1.807) is 0 Å². The summed E-state index contributed by atoms with van der Waals surface area (Å²) in [4.78, 5) is 2.45. The average molecular weight is 622 g/mol. The van der Waals surface area contributed by atoms with Gasteiger partial charge in [-0.25, -0.2) is 0 Å². The summed E-state index contributed by atoms with van der Waals surface area (Å²) in [5.74, 6) is 0. The molecule has 0 saturated heterocycles. The molecule has 10 aromatic rings. The second-order valence-electron chi connectivity index (χ2n) is 12.9. The third-order valence-corrected chi connectivity index (χ3v) is 10.2. The van der Waals surface area contributed by atoms with Gasteiger partial charge in [0.25, 0.3) is 0 Å². The van der Waals surface area contributed by atoms with Crippen LogP contribution in [-0.4, -0.2) is 0 Å². The van der Waals surface area contributed by atoms with Crippen molar-refractivity contribution in [1.29, 1.82) is 0 Å². The molecule has 0 unspecified atom stereocenters. The van der Waals surface area contributed by atoms with Crippen molar-refractivity contribution in [1.82, 2.24) is 0 Å². The Morgan fingerprint density at radius 3 is 1.00 bits per heavy atom. The zero-order valence-electron chi connectivity index (χ0n) is 26.8. The van der Waals surface area contributed by atoms with Crippen LogP contribution in [0.3, 0.4) is 0 Å². The van der Waals surface area contributed by atoms with Crippen LogP contribution in [0.25, 0.3) is 75.8 Å². The average Bonchev–Trinajstić information content (AvgIpc) is 3.19. The van der Waals surface area contributed by atoms with Crippen LogP contribution in [0.5, 0.6) is 0 Å². The monoisotopic (exact) mass is 621 g/mol. The summed E-state index contributed by atoms with van der Waals surface area (Å²) in [6.45, 7) is 0. The van der Waals surface area contributed by atoms with Gasteiger partial charge in [0.15, 0.2) is 0 Å². The van der Waals surface area contributed by atoms with E-state index in [0.717, 1.165) is 17.1 Å². The highest BCUT2D eigenvalue weighted by Crippen LogP contribution is 2.45. The Kier molecular flexibility index (Phi) is 6.25. The predicted octanol–water partition coefficient (Wildman–Crippen LogP) is 13.7. The molecule has 0 saturated carbocycles. The molecule has 0 aliphatic carbocycles. The summed E-state index contributed by atoms with van der Waals surface area (Å²) in [5.41, 5.74) is 5.77. The smallest absolute Gasteiger partial charge is 0.0540 e. The van der Waals surface area contributed by atoms with Crippen LogP contribution in [0.1, 0.15) is 0 Å². The van der Waals surface area contributed by atoms with Crippen molar-refractivity contribution < 1.29 is 0 Å². The van der Waals surface area contributed by atoms with Crippen molar-refractivity contribution in [3.05, 3.63) is 188 Å². The van der Waals surface area contributed by atoms with Gasteiger partial charge >= 0.3 is 0 Å². The summed E-state index contributed by atoms with van der Waals surface area (Å²) < 4.78 is 0. The predicted molar refractivity (Wildman–Crippen MR) is 212 cm³/mol. The standard InChI is InChI=1S/C48H31N/c1-2-14-32(15-3-1)35-16-12-13-25-48(35)49(33-26-28-44-40-21-6-4-17-36(40)38-19-8-10-23-42(38)46(44)30-33)34-27-29-45-41-22-7-5-18-37(41)39-20-9-11-24-43(39)47(45)31-34/h1-31H. The lowest BCUT2D eigenvalue weighted by Gasteiger charge is -2.29. The second-order valence-corrected chi connectivity index (χ2v) is 12.9. The molecule has 0 aliphatic heterocycles. The van der Waals surface area contributed by atoms with Crippen LogP contribution in [-0.2, 0) is 0 Å². The lowest BCUT2D eigenvalue weighted by atomic mass is 9.93. The molecule has 0 spiro atoms. The van der Waals surface area contributed by atoms with Gasteiger partial charge in [0, 0.05) is 16.9 Å². The zero-order chi connectivity index (χ0) is 32.3. The highest BCUT2D eigenvalue weighted by atomic mass is 15.1. The van der Waals surface area contributed by atoms with E-state index in [4.69, 9.17) is 0 Å². The fourth-order valence-electron chi connectivity index (χ4n) is 8.03. The number of anilines is 3. The van der Waals surface area contributed by atoms with Gasteiger partial charge in [-0.2, -0.15) is 0 Å². The Morgan fingerprint density at radius 2 is 0.571 bits per heavy atom. The van der Waals surface area contributed by atoms with Crippen molar-refractivity contribution in [2.24, 2.45) is 0 Å².